The predicted octanol–water partition coefficient (Wildman–Crippen LogP) is -2.04. The molecular weight excluding hydrogens is 380 g/mol. The van der Waals surface area contributed by atoms with Crippen molar-refractivity contribution in [3.8, 4) is 0 Å². The SMILES string of the molecule is Cn1c(=O)c2c(nc(N3CCOCC3)n2CC(O)CN2CCOCC2)n(C)c1=O. The van der Waals surface area contributed by atoms with Crippen LogP contribution in [-0.4, -0.2) is 93.9 Å². The first kappa shape index (κ1) is 20.1. The third-order valence-corrected chi connectivity index (χ3v) is 5.59. The Morgan fingerprint density at radius 3 is 2.24 bits per heavy atom. The van der Waals surface area contributed by atoms with Crippen molar-refractivity contribution in [2.24, 2.45) is 14.1 Å². The van der Waals surface area contributed by atoms with Crippen molar-refractivity contribution in [3.05, 3.63) is 20.8 Å². The van der Waals surface area contributed by atoms with Crippen LogP contribution in [0.1, 0.15) is 0 Å². The molecule has 2 aliphatic rings. The molecule has 0 radical (unpaired) electrons. The van der Waals surface area contributed by atoms with Gasteiger partial charge in [-0.3, -0.25) is 18.8 Å². The van der Waals surface area contributed by atoms with Crippen LogP contribution in [-0.2, 0) is 30.1 Å². The van der Waals surface area contributed by atoms with Crippen LogP contribution in [0.4, 0.5) is 5.95 Å². The van der Waals surface area contributed by atoms with Crippen LogP contribution in [0.2, 0.25) is 0 Å². The minimum atomic E-state index is -0.688. The summed E-state index contributed by atoms with van der Waals surface area (Å²) in [6.45, 7) is 5.96. The number of aromatic nitrogens is 4. The van der Waals surface area contributed by atoms with Crippen LogP contribution < -0.4 is 16.1 Å². The van der Waals surface area contributed by atoms with E-state index in [-0.39, 0.29) is 6.54 Å². The van der Waals surface area contributed by atoms with Crippen molar-refractivity contribution >= 4 is 17.1 Å². The summed E-state index contributed by atoms with van der Waals surface area (Å²) in [6.07, 6.45) is -0.688. The lowest BCUT2D eigenvalue weighted by Gasteiger charge is -2.30. The van der Waals surface area contributed by atoms with Crippen molar-refractivity contribution in [3.63, 3.8) is 0 Å². The molecule has 0 bridgehead atoms. The number of morpholine rings is 2. The zero-order chi connectivity index (χ0) is 20.5. The molecule has 4 heterocycles. The minimum absolute atomic E-state index is 0.216. The summed E-state index contributed by atoms with van der Waals surface area (Å²) < 4.78 is 15.0. The Hall–Kier alpha value is -2.21. The van der Waals surface area contributed by atoms with E-state index in [1.165, 1.54) is 11.6 Å². The smallest absolute Gasteiger partial charge is 0.332 e. The third kappa shape index (κ3) is 3.82. The first-order chi connectivity index (χ1) is 14.0. The molecule has 0 aromatic carbocycles. The van der Waals surface area contributed by atoms with Crippen LogP contribution >= 0.6 is 0 Å². The molecule has 160 valence electrons. The van der Waals surface area contributed by atoms with E-state index in [1.54, 1.807) is 11.6 Å². The van der Waals surface area contributed by atoms with Crippen molar-refractivity contribution in [1.82, 2.24) is 23.6 Å². The molecule has 1 unspecified atom stereocenters. The standard InChI is InChI=1S/C18H28N6O5/c1-20-15-14(16(26)21(2)18(20)27)24(17(19-15)23-5-9-29-10-6-23)12-13(25)11-22-3-7-28-8-4-22/h13,25H,3-12H2,1-2H3. The molecule has 0 saturated carbocycles. The fourth-order valence-corrected chi connectivity index (χ4v) is 3.96. The molecule has 0 spiro atoms. The highest BCUT2D eigenvalue weighted by molar-refractivity contribution is 5.74. The zero-order valence-electron chi connectivity index (χ0n) is 16.9. The van der Waals surface area contributed by atoms with Gasteiger partial charge in [-0.1, -0.05) is 0 Å². The molecule has 2 aliphatic heterocycles. The van der Waals surface area contributed by atoms with Gasteiger partial charge >= 0.3 is 5.69 Å². The van der Waals surface area contributed by atoms with Gasteiger partial charge in [-0.2, -0.15) is 4.98 Å². The van der Waals surface area contributed by atoms with E-state index < -0.39 is 17.4 Å². The van der Waals surface area contributed by atoms with E-state index in [2.05, 4.69) is 9.88 Å². The summed E-state index contributed by atoms with van der Waals surface area (Å²) in [5.74, 6) is 0.586. The van der Waals surface area contributed by atoms with Gasteiger partial charge in [0.25, 0.3) is 5.56 Å². The van der Waals surface area contributed by atoms with Gasteiger partial charge in [0.1, 0.15) is 0 Å². The van der Waals surface area contributed by atoms with Gasteiger partial charge in [0, 0.05) is 46.8 Å². The third-order valence-electron chi connectivity index (χ3n) is 5.59. The Kier molecular flexibility index (Phi) is 5.72. The van der Waals surface area contributed by atoms with E-state index in [4.69, 9.17) is 9.47 Å². The van der Waals surface area contributed by atoms with Crippen LogP contribution in [0.3, 0.4) is 0 Å². The van der Waals surface area contributed by atoms with Crippen molar-refractivity contribution < 1.29 is 14.6 Å². The molecule has 4 rings (SSSR count). The number of hydrogen-bond acceptors (Lipinski definition) is 8. The van der Waals surface area contributed by atoms with Gasteiger partial charge in [-0.05, 0) is 0 Å². The average molecular weight is 408 g/mol. The molecule has 1 N–H and O–H groups in total. The quantitative estimate of drug-likeness (QED) is 0.603. The second kappa shape index (κ2) is 8.27. The summed E-state index contributed by atoms with van der Waals surface area (Å²) in [5, 5.41) is 10.8. The summed E-state index contributed by atoms with van der Waals surface area (Å²) in [6, 6.07) is 0. The molecule has 2 aromatic rings. The van der Waals surface area contributed by atoms with Gasteiger partial charge in [-0.15, -0.1) is 0 Å². The summed E-state index contributed by atoms with van der Waals surface area (Å²) in [5.41, 5.74) is -0.168. The molecule has 2 saturated heterocycles. The molecule has 11 nitrogen and oxygen atoms in total. The second-order valence-corrected chi connectivity index (χ2v) is 7.57. The van der Waals surface area contributed by atoms with Crippen LogP contribution in [0.25, 0.3) is 11.2 Å². The molecule has 29 heavy (non-hydrogen) atoms. The summed E-state index contributed by atoms with van der Waals surface area (Å²) in [4.78, 5) is 34.1. The second-order valence-electron chi connectivity index (χ2n) is 7.57. The number of nitrogens with zero attached hydrogens (tertiary/aromatic N) is 6. The van der Waals surface area contributed by atoms with Crippen LogP contribution in [0.5, 0.6) is 0 Å². The molecule has 2 aromatic heterocycles. The van der Waals surface area contributed by atoms with E-state index in [0.717, 1.165) is 17.7 Å². The molecule has 1 atom stereocenters. The Morgan fingerprint density at radius 1 is 0.966 bits per heavy atom. The Labute approximate surface area is 167 Å². The fraction of sp³-hybridized carbons (Fsp3) is 0.722. The van der Waals surface area contributed by atoms with E-state index in [1.807, 2.05) is 4.90 Å². The van der Waals surface area contributed by atoms with Gasteiger partial charge in [0.05, 0.1) is 39.1 Å². The number of ether oxygens (including phenoxy) is 2. The molecule has 0 amide bonds. The number of rotatable bonds is 5. The zero-order valence-corrected chi connectivity index (χ0v) is 16.9. The lowest BCUT2D eigenvalue weighted by atomic mass is 10.3. The molecule has 0 aliphatic carbocycles. The topological polar surface area (TPSA) is 107 Å². The van der Waals surface area contributed by atoms with Gasteiger partial charge in [-0.25, -0.2) is 4.79 Å². The van der Waals surface area contributed by atoms with Crippen LogP contribution in [0, 0.1) is 0 Å². The Morgan fingerprint density at radius 2 is 1.59 bits per heavy atom. The van der Waals surface area contributed by atoms with E-state index >= 15 is 0 Å². The number of fused-ring (bicyclic) bond motifs is 1. The largest absolute Gasteiger partial charge is 0.390 e. The molecule has 2 fully saturated rings. The van der Waals surface area contributed by atoms with E-state index in [9.17, 15) is 14.7 Å². The highest BCUT2D eigenvalue weighted by atomic mass is 16.5. The highest BCUT2D eigenvalue weighted by Gasteiger charge is 2.26. The summed E-state index contributed by atoms with van der Waals surface area (Å²) >= 11 is 0. The maximum Gasteiger partial charge on any atom is 0.332 e. The Bertz CT molecular complexity index is 983. The number of hydrogen-bond donors (Lipinski definition) is 1. The van der Waals surface area contributed by atoms with Crippen LogP contribution in [0.15, 0.2) is 9.59 Å². The first-order valence-corrected chi connectivity index (χ1v) is 9.94. The lowest BCUT2D eigenvalue weighted by Crippen LogP contribution is -2.43. The minimum Gasteiger partial charge on any atom is -0.390 e. The number of imidazole rings is 1. The fourth-order valence-electron chi connectivity index (χ4n) is 3.96. The number of aryl methyl sites for hydroxylation is 1. The predicted molar refractivity (Wildman–Crippen MR) is 107 cm³/mol. The lowest BCUT2D eigenvalue weighted by molar-refractivity contribution is 0.0117. The average Bonchev–Trinajstić information content (AvgIpc) is 3.11. The number of anilines is 1. The highest BCUT2D eigenvalue weighted by Crippen LogP contribution is 2.21. The van der Waals surface area contributed by atoms with Gasteiger partial charge in [0.15, 0.2) is 11.2 Å². The normalized spacial score (nSPS) is 19.8. The molecule has 11 heteroatoms. The maximum atomic E-state index is 12.9. The monoisotopic (exact) mass is 408 g/mol. The van der Waals surface area contributed by atoms with Crippen molar-refractivity contribution in [1.29, 1.82) is 0 Å². The van der Waals surface area contributed by atoms with Crippen molar-refractivity contribution in [2.45, 2.75) is 12.6 Å². The first-order valence-electron chi connectivity index (χ1n) is 9.94. The van der Waals surface area contributed by atoms with Crippen molar-refractivity contribution in [2.75, 3.05) is 64.1 Å². The maximum absolute atomic E-state index is 12.9. The number of β-amino-alcohol motifs (C(OH)–C–C–N with tert-alkyl or cyclic N) is 1. The van der Waals surface area contributed by atoms with Gasteiger partial charge in [0.2, 0.25) is 5.95 Å². The Balaban J connectivity index is 1.74. The van der Waals surface area contributed by atoms with Gasteiger partial charge < -0.3 is 24.0 Å². The number of aliphatic hydroxyl groups excluding tert-OH is 1. The summed E-state index contributed by atoms with van der Waals surface area (Å²) in [7, 11) is 3.06. The molecular formula is C18H28N6O5. The number of aliphatic hydroxyl groups is 1. The van der Waals surface area contributed by atoms with E-state index in [0.29, 0.717) is 63.2 Å².